The van der Waals surface area contributed by atoms with Gasteiger partial charge in [-0.3, -0.25) is 4.99 Å². The van der Waals surface area contributed by atoms with Gasteiger partial charge in [-0.05, 0) is 18.1 Å². The Bertz CT molecular complexity index is 722. The summed E-state index contributed by atoms with van der Waals surface area (Å²) in [6.45, 7) is -1.14. The van der Waals surface area contributed by atoms with Crippen molar-refractivity contribution in [2.75, 3.05) is 25.2 Å². The minimum atomic E-state index is -4.43. The molecule has 1 unspecified atom stereocenters. The number of halogens is 3. The van der Waals surface area contributed by atoms with E-state index in [4.69, 9.17) is 0 Å². The number of nitrogens with one attached hydrogen (secondary N) is 2. The number of rotatable bonds is 5. The number of hydrogen-bond donors (Lipinski definition) is 2. The van der Waals surface area contributed by atoms with E-state index in [2.05, 4.69) is 25.3 Å². The van der Waals surface area contributed by atoms with Gasteiger partial charge >= 0.3 is 6.18 Å². The molecule has 1 fully saturated rings. The molecule has 1 aromatic rings. The van der Waals surface area contributed by atoms with E-state index in [1.807, 2.05) is 0 Å². The van der Waals surface area contributed by atoms with Gasteiger partial charge in [0.05, 0.1) is 11.5 Å². The van der Waals surface area contributed by atoms with Crippen molar-refractivity contribution in [3.8, 4) is 5.88 Å². The molecular weight excluding hydrogens is 361 g/mol. The molecule has 0 amide bonds. The molecule has 2 heterocycles. The molecule has 11 heteroatoms. The molecule has 0 spiro atoms. The van der Waals surface area contributed by atoms with Gasteiger partial charge in [-0.1, -0.05) is 0 Å². The number of alkyl halides is 3. The highest BCUT2D eigenvalue weighted by molar-refractivity contribution is 7.91. The van der Waals surface area contributed by atoms with Gasteiger partial charge in [-0.25, -0.2) is 13.4 Å². The summed E-state index contributed by atoms with van der Waals surface area (Å²) < 4.78 is 64.0. The first-order valence-corrected chi connectivity index (χ1v) is 9.31. The van der Waals surface area contributed by atoms with Crippen molar-refractivity contribution in [1.82, 2.24) is 15.6 Å². The predicted octanol–water partition coefficient (Wildman–Crippen LogP) is 0.875. The van der Waals surface area contributed by atoms with Crippen LogP contribution in [-0.4, -0.2) is 56.7 Å². The first-order chi connectivity index (χ1) is 11.7. The Morgan fingerprint density at radius 1 is 1.48 bits per heavy atom. The zero-order valence-corrected chi connectivity index (χ0v) is 14.3. The molecule has 0 saturated carbocycles. The van der Waals surface area contributed by atoms with E-state index in [1.54, 1.807) is 13.1 Å². The summed E-state index contributed by atoms with van der Waals surface area (Å²) >= 11 is 0. The average Bonchev–Trinajstić information content (AvgIpc) is 2.88. The van der Waals surface area contributed by atoms with Crippen LogP contribution in [-0.2, 0) is 16.4 Å². The van der Waals surface area contributed by atoms with Crippen molar-refractivity contribution in [1.29, 1.82) is 0 Å². The standard InChI is InChI=1S/C14H19F3N4O3S/c1-18-13(21-11-3-5-25(22,23)8-11)20-7-10-2-4-19-12(6-10)24-9-14(15,16)17/h2,4,6,11H,3,5,7-9H2,1H3,(H2,18,20,21). The van der Waals surface area contributed by atoms with Gasteiger partial charge < -0.3 is 15.4 Å². The number of pyridine rings is 1. The molecule has 25 heavy (non-hydrogen) atoms. The Kier molecular flexibility index (Phi) is 6.09. The molecule has 1 atom stereocenters. The molecule has 2 rings (SSSR count). The summed E-state index contributed by atoms with van der Waals surface area (Å²) in [5, 5.41) is 5.99. The fourth-order valence-electron chi connectivity index (χ4n) is 2.28. The maximum atomic E-state index is 12.2. The first-order valence-electron chi connectivity index (χ1n) is 7.49. The third kappa shape index (κ3) is 6.77. The number of guanidine groups is 1. The van der Waals surface area contributed by atoms with E-state index in [0.717, 1.165) is 0 Å². The average molecular weight is 380 g/mol. The molecule has 2 N–H and O–H groups in total. The lowest BCUT2D eigenvalue weighted by atomic mass is 10.2. The molecule has 0 aliphatic carbocycles. The summed E-state index contributed by atoms with van der Waals surface area (Å²) in [6, 6.07) is 2.81. The molecule has 1 aliphatic heterocycles. The van der Waals surface area contributed by atoms with Crippen LogP contribution in [0.3, 0.4) is 0 Å². The second-order valence-electron chi connectivity index (χ2n) is 5.58. The second kappa shape index (κ2) is 7.89. The molecular formula is C14H19F3N4O3S. The van der Waals surface area contributed by atoms with Gasteiger partial charge in [0.15, 0.2) is 22.4 Å². The van der Waals surface area contributed by atoms with Crippen LogP contribution in [0.5, 0.6) is 5.88 Å². The van der Waals surface area contributed by atoms with E-state index in [1.165, 1.54) is 12.3 Å². The van der Waals surface area contributed by atoms with E-state index in [9.17, 15) is 21.6 Å². The number of aliphatic imine (C=N–C) groups is 1. The maximum absolute atomic E-state index is 12.2. The van der Waals surface area contributed by atoms with Crippen LogP contribution in [0, 0.1) is 0 Å². The quantitative estimate of drug-likeness (QED) is 0.582. The van der Waals surface area contributed by atoms with Gasteiger partial charge in [0.1, 0.15) is 0 Å². The number of hydrogen-bond acceptors (Lipinski definition) is 5. The molecule has 0 aromatic carbocycles. The highest BCUT2D eigenvalue weighted by atomic mass is 32.2. The van der Waals surface area contributed by atoms with Crippen LogP contribution in [0.1, 0.15) is 12.0 Å². The SMILES string of the molecule is CN=C(NCc1ccnc(OCC(F)(F)F)c1)NC1CCS(=O)(=O)C1. The van der Waals surface area contributed by atoms with Crippen LogP contribution in [0.4, 0.5) is 13.2 Å². The lowest BCUT2D eigenvalue weighted by molar-refractivity contribution is -0.154. The van der Waals surface area contributed by atoms with E-state index >= 15 is 0 Å². The number of aromatic nitrogens is 1. The van der Waals surface area contributed by atoms with Crippen molar-refractivity contribution in [3.05, 3.63) is 23.9 Å². The zero-order chi connectivity index (χ0) is 18.5. The minimum Gasteiger partial charge on any atom is -0.468 e. The van der Waals surface area contributed by atoms with Crippen LogP contribution in [0.2, 0.25) is 0 Å². The van der Waals surface area contributed by atoms with Crippen molar-refractivity contribution >= 4 is 15.8 Å². The maximum Gasteiger partial charge on any atom is 0.422 e. The molecule has 1 saturated heterocycles. The predicted molar refractivity (Wildman–Crippen MR) is 86.2 cm³/mol. The van der Waals surface area contributed by atoms with Crippen LogP contribution in [0.15, 0.2) is 23.3 Å². The van der Waals surface area contributed by atoms with Crippen LogP contribution in [0.25, 0.3) is 0 Å². The van der Waals surface area contributed by atoms with E-state index in [-0.39, 0.29) is 30.0 Å². The Morgan fingerprint density at radius 2 is 2.24 bits per heavy atom. The van der Waals surface area contributed by atoms with Crippen molar-refractivity contribution in [2.45, 2.75) is 25.2 Å². The fourth-order valence-corrected chi connectivity index (χ4v) is 3.95. The lowest BCUT2D eigenvalue weighted by Crippen LogP contribution is -2.43. The summed E-state index contributed by atoms with van der Waals surface area (Å²) in [6.07, 6.45) is -2.57. The van der Waals surface area contributed by atoms with Crippen LogP contribution < -0.4 is 15.4 Å². The minimum absolute atomic E-state index is 0.0540. The Labute approximate surface area is 143 Å². The van der Waals surface area contributed by atoms with Gasteiger partial charge in [0.2, 0.25) is 5.88 Å². The number of sulfone groups is 1. The smallest absolute Gasteiger partial charge is 0.422 e. The van der Waals surface area contributed by atoms with Crippen molar-refractivity contribution in [2.24, 2.45) is 4.99 Å². The third-order valence-electron chi connectivity index (χ3n) is 3.44. The topological polar surface area (TPSA) is 92.7 Å². The first kappa shape index (κ1) is 19.3. The lowest BCUT2D eigenvalue weighted by Gasteiger charge is -2.16. The monoisotopic (exact) mass is 380 g/mol. The summed E-state index contributed by atoms with van der Waals surface area (Å²) in [5.74, 6) is 0.489. The molecule has 0 bridgehead atoms. The Balaban J connectivity index is 1.87. The van der Waals surface area contributed by atoms with Crippen molar-refractivity contribution < 1.29 is 26.3 Å². The summed E-state index contributed by atoms with van der Waals surface area (Å²) in [4.78, 5) is 7.74. The van der Waals surface area contributed by atoms with Gasteiger partial charge in [0.25, 0.3) is 0 Å². The highest BCUT2D eigenvalue weighted by Gasteiger charge is 2.29. The summed E-state index contributed by atoms with van der Waals surface area (Å²) in [5.41, 5.74) is 0.647. The second-order valence-corrected chi connectivity index (χ2v) is 7.80. The highest BCUT2D eigenvalue weighted by Crippen LogP contribution is 2.17. The number of ether oxygens (including phenoxy) is 1. The Morgan fingerprint density at radius 3 is 2.84 bits per heavy atom. The third-order valence-corrected chi connectivity index (χ3v) is 5.21. The zero-order valence-electron chi connectivity index (χ0n) is 13.5. The molecule has 140 valence electrons. The largest absolute Gasteiger partial charge is 0.468 e. The molecule has 1 aromatic heterocycles. The van der Waals surface area contributed by atoms with Gasteiger partial charge in [0, 0.05) is 31.9 Å². The van der Waals surface area contributed by atoms with Gasteiger partial charge in [-0.2, -0.15) is 13.2 Å². The Hall–Kier alpha value is -2.04. The molecule has 0 radical (unpaired) electrons. The fraction of sp³-hybridized carbons (Fsp3) is 0.571. The van der Waals surface area contributed by atoms with E-state index in [0.29, 0.717) is 17.9 Å². The number of nitrogens with zero attached hydrogens (tertiary/aromatic N) is 2. The summed E-state index contributed by atoms with van der Waals surface area (Å²) in [7, 11) is -1.46. The molecule has 1 aliphatic rings. The van der Waals surface area contributed by atoms with Gasteiger partial charge in [-0.15, -0.1) is 0 Å². The molecule has 7 nitrogen and oxygen atoms in total. The van der Waals surface area contributed by atoms with Crippen LogP contribution >= 0.6 is 0 Å². The van der Waals surface area contributed by atoms with E-state index < -0.39 is 22.6 Å². The normalized spacial score (nSPS) is 20.3. The van der Waals surface area contributed by atoms with Crippen molar-refractivity contribution in [3.63, 3.8) is 0 Å².